The van der Waals surface area contributed by atoms with Gasteiger partial charge in [0.25, 0.3) is 5.69 Å². The first kappa shape index (κ1) is 36.9. The van der Waals surface area contributed by atoms with E-state index in [-0.39, 0.29) is 49.7 Å². The fourth-order valence-corrected chi connectivity index (χ4v) is 4.74. The van der Waals surface area contributed by atoms with Gasteiger partial charge < -0.3 is 44.7 Å². The van der Waals surface area contributed by atoms with Gasteiger partial charge in [-0.1, -0.05) is 36.1 Å². The second-order valence-electron chi connectivity index (χ2n) is 10.2. The third-order valence-electron chi connectivity index (χ3n) is 6.93. The van der Waals surface area contributed by atoms with Crippen molar-refractivity contribution in [2.24, 2.45) is 0 Å². The van der Waals surface area contributed by atoms with Gasteiger partial charge in [-0.15, -0.1) is 0 Å². The number of aliphatic hydroxyl groups excluding tert-OH is 1. The molecule has 15 heteroatoms. The second-order valence-corrected chi connectivity index (χ2v) is 10.2. The highest BCUT2D eigenvalue weighted by molar-refractivity contribution is 6.00. The zero-order valence-electron chi connectivity index (χ0n) is 27.0. The summed E-state index contributed by atoms with van der Waals surface area (Å²) < 4.78 is 26.0. The monoisotopic (exact) mass is 666 g/mol. The molecule has 4 N–H and O–H groups in total. The SMILES string of the molecule is COC(=O)C1=C(C)NC(C)=C(C(=O)OCC#CCOC(=O)NCCNCC(O)COc2ccccc2OC)C1c1cccc([N+](=O)[O-])c1. The van der Waals surface area contributed by atoms with Crippen LogP contribution in [0.5, 0.6) is 11.5 Å². The lowest BCUT2D eigenvalue weighted by atomic mass is 9.80. The van der Waals surface area contributed by atoms with Crippen LogP contribution in [0.1, 0.15) is 25.3 Å². The molecule has 0 saturated heterocycles. The number of nitro groups is 1. The zero-order valence-corrected chi connectivity index (χ0v) is 27.0. The van der Waals surface area contributed by atoms with E-state index >= 15 is 0 Å². The summed E-state index contributed by atoms with van der Waals surface area (Å²) in [5, 5.41) is 30.0. The van der Waals surface area contributed by atoms with E-state index in [4.69, 9.17) is 23.7 Å². The Labute approximate surface area is 277 Å². The fourth-order valence-electron chi connectivity index (χ4n) is 4.74. The molecular formula is C33H38N4O11. The number of non-ortho nitro benzene ring substituents is 1. The number of rotatable bonds is 15. The Morgan fingerprint density at radius 3 is 2.29 bits per heavy atom. The quantitative estimate of drug-likeness (QED) is 0.0540. The predicted octanol–water partition coefficient (Wildman–Crippen LogP) is 2.31. The van der Waals surface area contributed by atoms with Crippen LogP contribution in [-0.2, 0) is 23.8 Å². The molecule has 1 aliphatic rings. The Bertz CT molecular complexity index is 1610. The number of aliphatic hydroxyl groups is 1. The normalized spacial score (nSPS) is 14.5. The van der Waals surface area contributed by atoms with Gasteiger partial charge in [0, 0.05) is 43.2 Å². The molecule has 1 amide bonds. The number of benzene rings is 2. The minimum Gasteiger partial charge on any atom is -0.493 e. The lowest BCUT2D eigenvalue weighted by Gasteiger charge is -2.30. The van der Waals surface area contributed by atoms with E-state index in [1.54, 1.807) is 38.1 Å². The number of nitro benzene ring substituents is 1. The van der Waals surface area contributed by atoms with Crippen LogP contribution in [0, 0.1) is 22.0 Å². The van der Waals surface area contributed by atoms with Crippen molar-refractivity contribution in [1.29, 1.82) is 0 Å². The minimum absolute atomic E-state index is 0.0502. The third kappa shape index (κ3) is 10.5. The number of esters is 2. The lowest BCUT2D eigenvalue weighted by molar-refractivity contribution is -0.384. The number of para-hydroxylation sites is 2. The summed E-state index contributed by atoms with van der Waals surface area (Å²) in [6, 6.07) is 12.7. The number of amides is 1. The van der Waals surface area contributed by atoms with E-state index in [9.17, 15) is 29.6 Å². The highest BCUT2D eigenvalue weighted by Gasteiger charge is 2.38. The number of carbonyl (C=O) groups excluding carboxylic acids is 3. The summed E-state index contributed by atoms with van der Waals surface area (Å²) >= 11 is 0. The van der Waals surface area contributed by atoms with Gasteiger partial charge in [-0.3, -0.25) is 10.1 Å². The van der Waals surface area contributed by atoms with Crippen molar-refractivity contribution in [2.45, 2.75) is 25.9 Å². The number of carbonyl (C=O) groups is 3. The van der Waals surface area contributed by atoms with E-state index in [1.807, 2.05) is 6.07 Å². The van der Waals surface area contributed by atoms with Crippen LogP contribution in [-0.4, -0.2) is 87.8 Å². The topological polar surface area (TPSA) is 197 Å². The van der Waals surface area contributed by atoms with E-state index in [0.717, 1.165) is 0 Å². The highest BCUT2D eigenvalue weighted by atomic mass is 16.6. The second kappa shape index (κ2) is 18.5. The van der Waals surface area contributed by atoms with Crippen molar-refractivity contribution in [3.63, 3.8) is 0 Å². The number of nitrogens with zero attached hydrogens (tertiary/aromatic N) is 1. The van der Waals surface area contributed by atoms with Gasteiger partial charge in [-0.2, -0.15) is 0 Å². The molecule has 3 rings (SSSR count). The first-order valence-corrected chi connectivity index (χ1v) is 14.8. The van der Waals surface area contributed by atoms with E-state index in [1.165, 1.54) is 32.4 Å². The molecule has 2 aromatic rings. The Kier molecular flexibility index (Phi) is 14.2. The van der Waals surface area contributed by atoms with Crippen molar-refractivity contribution >= 4 is 23.7 Å². The maximum absolute atomic E-state index is 13.2. The molecule has 15 nitrogen and oxygen atoms in total. The minimum atomic E-state index is -1.00. The Balaban J connectivity index is 1.43. The van der Waals surface area contributed by atoms with Gasteiger partial charge in [-0.25, -0.2) is 14.4 Å². The number of nitrogens with one attached hydrogen (secondary N) is 3. The Morgan fingerprint density at radius 1 is 0.958 bits per heavy atom. The van der Waals surface area contributed by atoms with Crippen LogP contribution >= 0.6 is 0 Å². The number of hydrogen-bond acceptors (Lipinski definition) is 13. The molecule has 2 aromatic carbocycles. The maximum atomic E-state index is 13.2. The first-order chi connectivity index (χ1) is 23.1. The van der Waals surface area contributed by atoms with Crippen molar-refractivity contribution in [2.75, 3.05) is 53.7 Å². The molecule has 0 bridgehead atoms. The molecule has 0 aliphatic carbocycles. The number of hydrogen-bond donors (Lipinski definition) is 4. The van der Waals surface area contributed by atoms with Crippen LogP contribution in [0.4, 0.5) is 10.5 Å². The molecule has 0 saturated carbocycles. The summed E-state index contributed by atoms with van der Waals surface area (Å²) in [5.41, 5.74) is 1.08. The summed E-state index contributed by atoms with van der Waals surface area (Å²) in [7, 11) is 2.72. The number of alkyl carbamates (subject to hydrolysis) is 1. The smallest absolute Gasteiger partial charge is 0.408 e. The standard InChI is InChI=1S/C33H38N4O11/c1-21-28(31(39)45-4)30(23-10-9-11-24(18-23)37(42)43)29(22(2)36-21)32(40)46-16-7-8-17-47-33(41)35-15-14-34-19-25(38)20-48-27-13-6-5-12-26(27)44-3/h5-6,9-13,18,25,30,34,36,38H,14-17,19-20H2,1-4H3,(H,35,41). The Morgan fingerprint density at radius 2 is 1.62 bits per heavy atom. The number of allylic oxidation sites excluding steroid dienone is 2. The number of ether oxygens (including phenoxy) is 5. The number of methoxy groups -OCH3 is 2. The molecule has 2 atom stereocenters. The molecule has 0 fully saturated rings. The van der Waals surface area contributed by atoms with Gasteiger partial charge in [0.15, 0.2) is 24.7 Å². The molecule has 48 heavy (non-hydrogen) atoms. The van der Waals surface area contributed by atoms with Crippen molar-refractivity contribution < 1.29 is 48.1 Å². The van der Waals surface area contributed by atoms with Gasteiger partial charge in [0.2, 0.25) is 0 Å². The van der Waals surface area contributed by atoms with Crippen LogP contribution in [0.25, 0.3) is 0 Å². The molecule has 1 aliphatic heterocycles. The van der Waals surface area contributed by atoms with Crippen molar-refractivity contribution in [3.05, 3.63) is 86.7 Å². The predicted molar refractivity (Wildman–Crippen MR) is 172 cm³/mol. The van der Waals surface area contributed by atoms with Gasteiger partial charge in [-0.05, 0) is 31.5 Å². The molecule has 256 valence electrons. The third-order valence-corrected chi connectivity index (χ3v) is 6.93. The largest absolute Gasteiger partial charge is 0.493 e. The molecule has 1 heterocycles. The summed E-state index contributed by atoms with van der Waals surface area (Å²) in [6.07, 6.45) is -1.50. The average molecular weight is 667 g/mol. The van der Waals surface area contributed by atoms with E-state index in [2.05, 4.69) is 27.8 Å². The number of dihydropyridines is 1. The van der Waals surface area contributed by atoms with Gasteiger partial charge in [0.05, 0.1) is 36.2 Å². The highest BCUT2D eigenvalue weighted by Crippen LogP contribution is 2.40. The molecular weight excluding hydrogens is 628 g/mol. The average Bonchev–Trinajstić information content (AvgIpc) is 3.08. The molecule has 0 radical (unpaired) electrons. The van der Waals surface area contributed by atoms with Crippen LogP contribution in [0.3, 0.4) is 0 Å². The molecule has 0 aromatic heterocycles. The molecule has 2 unspecified atom stereocenters. The van der Waals surface area contributed by atoms with Crippen LogP contribution < -0.4 is 25.4 Å². The van der Waals surface area contributed by atoms with Crippen LogP contribution in [0.2, 0.25) is 0 Å². The first-order valence-electron chi connectivity index (χ1n) is 14.8. The van der Waals surface area contributed by atoms with E-state index in [0.29, 0.717) is 35.0 Å². The lowest BCUT2D eigenvalue weighted by Crippen LogP contribution is -2.37. The van der Waals surface area contributed by atoms with Crippen molar-refractivity contribution in [3.8, 4) is 23.3 Å². The summed E-state index contributed by atoms with van der Waals surface area (Å²) in [5.74, 6) is 3.72. The van der Waals surface area contributed by atoms with Gasteiger partial charge in [0.1, 0.15) is 12.7 Å². The Hall–Kier alpha value is -5.59. The van der Waals surface area contributed by atoms with Crippen LogP contribution in [0.15, 0.2) is 71.1 Å². The summed E-state index contributed by atoms with van der Waals surface area (Å²) in [6.45, 7) is 3.48. The maximum Gasteiger partial charge on any atom is 0.408 e. The van der Waals surface area contributed by atoms with E-state index < -0.39 is 35.0 Å². The van der Waals surface area contributed by atoms with Gasteiger partial charge >= 0.3 is 18.0 Å². The van der Waals surface area contributed by atoms with Crippen molar-refractivity contribution in [1.82, 2.24) is 16.0 Å². The molecule has 0 spiro atoms. The zero-order chi connectivity index (χ0) is 35.1. The fraction of sp³-hybridized carbons (Fsp3) is 0.364. The summed E-state index contributed by atoms with van der Waals surface area (Å²) in [4.78, 5) is 48.7.